The van der Waals surface area contributed by atoms with Gasteiger partial charge in [0.05, 0.1) is 6.10 Å². The van der Waals surface area contributed by atoms with Crippen LogP contribution in [-0.4, -0.2) is 40.7 Å². The average molecular weight is 209 g/mol. The monoisotopic (exact) mass is 209 g/mol. The fourth-order valence-corrected chi connectivity index (χ4v) is 1.34. The summed E-state index contributed by atoms with van der Waals surface area (Å²) in [4.78, 5) is 13.2. The minimum atomic E-state index is -0.559. The zero-order valence-electron chi connectivity index (χ0n) is 8.84. The van der Waals surface area contributed by atoms with Gasteiger partial charge in [0.1, 0.15) is 5.75 Å². The van der Waals surface area contributed by atoms with Crippen molar-refractivity contribution in [3.05, 3.63) is 29.8 Å². The maximum atomic E-state index is 11.7. The first-order valence-electron chi connectivity index (χ1n) is 4.73. The Bertz CT molecular complexity index is 349. The fraction of sp³-hybridized carbons (Fsp3) is 0.364. The third-order valence-electron chi connectivity index (χ3n) is 1.98. The van der Waals surface area contributed by atoms with Crippen molar-refractivity contribution in [3.8, 4) is 5.75 Å². The lowest BCUT2D eigenvalue weighted by Gasteiger charge is -2.18. The maximum Gasteiger partial charge on any atom is 0.253 e. The fourth-order valence-electron chi connectivity index (χ4n) is 1.34. The van der Waals surface area contributed by atoms with Crippen molar-refractivity contribution in [1.82, 2.24) is 4.90 Å². The minimum Gasteiger partial charge on any atom is -0.508 e. The van der Waals surface area contributed by atoms with Gasteiger partial charge in [-0.25, -0.2) is 0 Å². The number of rotatable bonds is 3. The molecule has 15 heavy (non-hydrogen) atoms. The van der Waals surface area contributed by atoms with Gasteiger partial charge in [-0.15, -0.1) is 0 Å². The van der Waals surface area contributed by atoms with E-state index in [9.17, 15) is 9.90 Å². The Kier molecular flexibility index (Phi) is 3.68. The van der Waals surface area contributed by atoms with Crippen LogP contribution in [0.25, 0.3) is 0 Å². The van der Waals surface area contributed by atoms with Crippen molar-refractivity contribution in [1.29, 1.82) is 0 Å². The van der Waals surface area contributed by atoms with Crippen LogP contribution in [0.1, 0.15) is 17.3 Å². The van der Waals surface area contributed by atoms with Gasteiger partial charge in [0.25, 0.3) is 5.91 Å². The van der Waals surface area contributed by atoms with Gasteiger partial charge in [-0.3, -0.25) is 4.79 Å². The summed E-state index contributed by atoms with van der Waals surface area (Å²) in [7, 11) is 1.61. The first-order chi connectivity index (χ1) is 7.00. The quantitative estimate of drug-likeness (QED) is 0.775. The highest BCUT2D eigenvalue weighted by atomic mass is 16.3. The van der Waals surface area contributed by atoms with Gasteiger partial charge in [-0.1, -0.05) is 6.07 Å². The first-order valence-corrected chi connectivity index (χ1v) is 4.73. The highest BCUT2D eigenvalue weighted by Crippen LogP contribution is 2.12. The minimum absolute atomic E-state index is 0.0614. The van der Waals surface area contributed by atoms with E-state index < -0.39 is 6.10 Å². The van der Waals surface area contributed by atoms with E-state index in [0.29, 0.717) is 5.56 Å². The summed E-state index contributed by atoms with van der Waals surface area (Å²) in [6.45, 7) is 1.89. The van der Waals surface area contributed by atoms with Crippen LogP contribution in [-0.2, 0) is 0 Å². The van der Waals surface area contributed by atoms with Crippen LogP contribution in [0.4, 0.5) is 0 Å². The molecule has 82 valence electrons. The Hall–Kier alpha value is -1.55. The molecule has 4 nitrogen and oxygen atoms in total. The number of aromatic hydroxyl groups is 1. The molecule has 0 fully saturated rings. The van der Waals surface area contributed by atoms with Crippen molar-refractivity contribution in [3.63, 3.8) is 0 Å². The molecular weight excluding hydrogens is 194 g/mol. The Balaban J connectivity index is 2.76. The Morgan fingerprint density at radius 3 is 2.73 bits per heavy atom. The number of benzene rings is 1. The lowest BCUT2D eigenvalue weighted by Crippen LogP contribution is -2.32. The Morgan fingerprint density at radius 2 is 2.20 bits per heavy atom. The topological polar surface area (TPSA) is 60.8 Å². The Labute approximate surface area is 88.8 Å². The third kappa shape index (κ3) is 3.25. The second kappa shape index (κ2) is 4.79. The molecule has 0 aliphatic carbocycles. The number of nitrogens with zero attached hydrogens (tertiary/aromatic N) is 1. The predicted molar refractivity (Wildman–Crippen MR) is 56.7 cm³/mol. The molecule has 4 heteroatoms. The van der Waals surface area contributed by atoms with Crippen LogP contribution in [0, 0.1) is 0 Å². The summed E-state index contributed by atoms with van der Waals surface area (Å²) in [6, 6.07) is 6.14. The second-order valence-corrected chi connectivity index (χ2v) is 3.59. The van der Waals surface area contributed by atoms with Crippen LogP contribution in [0.3, 0.4) is 0 Å². The summed E-state index contributed by atoms with van der Waals surface area (Å²) in [5.41, 5.74) is 0.415. The zero-order valence-corrected chi connectivity index (χ0v) is 8.84. The highest BCUT2D eigenvalue weighted by molar-refractivity contribution is 5.94. The summed E-state index contributed by atoms with van der Waals surface area (Å²) >= 11 is 0. The molecule has 1 rings (SSSR count). The number of aliphatic hydroxyl groups is 1. The van der Waals surface area contributed by atoms with Crippen LogP contribution in [0.5, 0.6) is 5.75 Å². The number of hydrogen-bond donors (Lipinski definition) is 2. The van der Waals surface area contributed by atoms with Crippen LogP contribution in [0.2, 0.25) is 0 Å². The number of phenolic OH excluding ortho intramolecular Hbond substituents is 1. The standard InChI is InChI=1S/C11H15NO3/c1-8(13)7-12(2)11(15)9-4-3-5-10(14)6-9/h3-6,8,13-14H,7H2,1-2H3. The van der Waals surface area contributed by atoms with Gasteiger partial charge in [-0.05, 0) is 25.1 Å². The van der Waals surface area contributed by atoms with Crippen molar-refractivity contribution in [2.45, 2.75) is 13.0 Å². The first kappa shape index (κ1) is 11.5. The molecule has 1 unspecified atom stereocenters. The van der Waals surface area contributed by atoms with Crippen molar-refractivity contribution in [2.24, 2.45) is 0 Å². The van der Waals surface area contributed by atoms with Gasteiger partial charge in [0.15, 0.2) is 0 Å². The van der Waals surface area contributed by atoms with Gasteiger partial charge < -0.3 is 15.1 Å². The lowest BCUT2D eigenvalue weighted by atomic mass is 10.2. The smallest absolute Gasteiger partial charge is 0.253 e. The molecule has 1 aromatic carbocycles. The third-order valence-corrected chi connectivity index (χ3v) is 1.98. The van der Waals surface area contributed by atoms with E-state index >= 15 is 0 Å². The van der Waals surface area contributed by atoms with Crippen LogP contribution < -0.4 is 0 Å². The summed E-state index contributed by atoms with van der Waals surface area (Å²) in [5.74, 6) is -0.155. The largest absolute Gasteiger partial charge is 0.508 e. The summed E-state index contributed by atoms with van der Waals surface area (Å²) < 4.78 is 0. The van der Waals surface area contributed by atoms with E-state index in [0.717, 1.165) is 0 Å². The molecule has 0 saturated heterocycles. The molecule has 0 radical (unpaired) electrons. The molecule has 0 heterocycles. The maximum absolute atomic E-state index is 11.7. The van der Waals surface area contributed by atoms with E-state index in [1.165, 1.54) is 17.0 Å². The zero-order chi connectivity index (χ0) is 11.4. The van der Waals surface area contributed by atoms with Crippen molar-refractivity contribution in [2.75, 3.05) is 13.6 Å². The van der Waals surface area contributed by atoms with Crippen molar-refractivity contribution < 1.29 is 15.0 Å². The van der Waals surface area contributed by atoms with Gasteiger partial charge in [0, 0.05) is 19.2 Å². The molecule has 2 N–H and O–H groups in total. The van der Waals surface area contributed by atoms with E-state index in [1.54, 1.807) is 26.1 Å². The highest BCUT2D eigenvalue weighted by Gasteiger charge is 2.13. The molecule has 0 spiro atoms. The molecule has 0 saturated carbocycles. The normalized spacial score (nSPS) is 12.2. The second-order valence-electron chi connectivity index (χ2n) is 3.59. The van der Waals surface area contributed by atoms with Gasteiger partial charge >= 0.3 is 0 Å². The molecule has 0 aromatic heterocycles. The predicted octanol–water partition coefficient (Wildman–Crippen LogP) is 0.845. The van der Waals surface area contributed by atoms with Crippen LogP contribution >= 0.6 is 0 Å². The van der Waals surface area contributed by atoms with E-state index in [2.05, 4.69) is 0 Å². The molecule has 1 atom stereocenters. The summed E-state index contributed by atoms with van der Waals surface area (Å²) in [6.07, 6.45) is -0.559. The molecule has 1 aromatic rings. The Morgan fingerprint density at radius 1 is 1.53 bits per heavy atom. The van der Waals surface area contributed by atoms with E-state index in [-0.39, 0.29) is 18.2 Å². The molecular formula is C11H15NO3. The average Bonchev–Trinajstić information content (AvgIpc) is 2.15. The van der Waals surface area contributed by atoms with Gasteiger partial charge in [-0.2, -0.15) is 0 Å². The molecule has 1 amide bonds. The number of likely N-dealkylation sites (N-methyl/N-ethyl adjacent to an activating group) is 1. The molecule has 0 aliphatic heterocycles. The molecule has 0 aliphatic rings. The van der Waals surface area contributed by atoms with E-state index in [1.807, 2.05) is 0 Å². The lowest BCUT2D eigenvalue weighted by molar-refractivity contribution is 0.0703. The number of carbonyl (C=O) groups excluding carboxylic acids is 1. The molecule has 0 bridgehead atoms. The summed E-state index contributed by atoms with van der Waals surface area (Å²) in [5, 5.41) is 18.3. The van der Waals surface area contributed by atoms with E-state index in [4.69, 9.17) is 5.11 Å². The van der Waals surface area contributed by atoms with Crippen molar-refractivity contribution >= 4 is 5.91 Å². The van der Waals surface area contributed by atoms with Crippen LogP contribution in [0.15, 0.2) is 24.3 Å². The number of carbonyl (C=O) groups is 1. The number of hydrogen-bond acceptors (Lipinski definition) is 3. The number of aliphatic hydroxyl groups excluding tert-OH is 1. The number of phenols is 1. The number of amides is 1. The SMILES string of the molecule is CC(O)CN(C)C(=O)c1cccc(O)c1. The van der Waals surface area contributed by atoms with Gasteiger partial charge in [0.2, 0.25) is 0 Å².